The first-order chi connectivity index (χ1) is 9.49. The summed E-state index contributed by atoms with van der Waals surface area (Å²) in [5.41, 5.74) is 0.309. The third kappa shape index (κ3) is 1.86. The summed E-state index contributed by atoms with van der Waals surface area (Å²) in [5.74, 6) is 0.731. The van der Waals surface area contributed by atoms with Crippen molar-refractivity contribution >= 4 is 15.9 Å². The molecule has 1 aliphatic carbocycles. The topological polar surface area (TPSA) is 51.5 Å². The molecule has 3 rings (SSSR count). The predicted molar refractivity (Wildman–Crippen MR) is 80.0 cm³/mol. The number of nitrogens with zero attached hydrogens (tertiary/aromatic N) is 1. The van der Waals surface area contributed by atoms with Gasteiger partial charge in [0.15, 0.2) is 5.75 Å². The van der Waals surface area contributed by atoms with Crippen LogP contribution in [-0.2, 0) is 6.54 Å². The second-order valence-corrected chi connectivity index (χ2v) is 7.08. The van der Waals surface area contributed by atoms with Crippen LogP contribution in [0.15, 0.2) is 15.5 Å². The maximum atomic E-state index is 12.2. The van der Waals surface area contributed by atoms with Crippen LogP contribution in [0.4, 0.5) is 0 Å². The van der Waals surface area contributed by atoms with Crippen molar-refractivity contribution in [3.63, 3.8) is 0 Å². The first-order valence-corrected chi connectivity index (χ1v) is 7.93. The Morgan fingerprint density at radius 3 is 2.95 bits per heavy atom. The summed E-state index contributed by atoms with van der Waals surface area (Å²) in [6.45, 7) is 3.00. The van der Waals surface area contributed by atoms with Crippen LogP contribution in [0.1, 0.15) is 44.4 Å². The fourth-order valence-electron chi connectivity index (χ4n) is 3.89. The second kappa shape index (κ2) is 4.88. The van der Waals surface area contributed by atoms with Crippen LogP contribution in [0.2, 0.25) is 0 Å². The number of fused-ring (bicyclic) bond motifs is 2. The van der Waals surface area contributed by atoms with E-state index >= 15 is 0 Å². The van der Waals surface area contributed by atoms with Crippen LogP contribution in [0.3, 0.4) is 0 Å². The molecule has 0 aromatic carbocycles. The highest BCUT2D eigenvalue weighted by atomic mass is 79.9. The maximum absolute atomic E-state index is 12.2. The lowest BCUT2D eigenvalue weighted by Gasteiger charge is -2.49. The van der Waals surface area contributed by atoms with Gasteiger partial charge in [0.05, 0.1) is 17.3 Å². The molecular formula is C15H20BrNO3. The SMILES string of the molecule is COc1c2n(cc(Br)c1=O)CC1CCCC[C@]1(C)C2O. The van der Waals surface area contributed by atoms with E-state index in [-0.39, 0.29) is 16.6 Å². The van der Waals surface area contributed by atoms with Crippen molar-refractivity contribution in [2.24, 2.45) is 11.3 Å². The van der Waals surface area contributed by atoms with Crippen molar-refractivity contribution in [3.8, 4) is 5.75 Å². The van der Waals surface area contributed by atoms with E-state index in [1.54, 1.807) is 6.20 Å². The van der Waals surface area contributed by atoms with E-state index in [1.807, 2.05) is 4.57 Å². The Balaban J connectivity index is 2.20. The molecule has 1 N–H and O–H groups in total. The zero-order chi connectivity index (χ0) is 14.5. The van der Waals surface area contributed by atoms with Gasteiger partial charge in [0.25, 0.3) is 0 Å². The molecule has 1 saturated carbocycles. The van der Waals surface area contributed by atoms with Crippen LogP contribution < -0.4 is 10.2 Å². The largest absolute Gasteiger partial charge is 0.491 e. The van der Waals surface area contributed by atoms with E-state index in [9.17, 15) is 9.90 Å². The van der Waals surface area contributed by atoms with Gasteiger partial charge < -0.3 is 14.4 Å². The number of methoxy groups -OCH3 is 1. The molecule has 0 amide bonds. The molecule has 0 radical (unpaired) electrons. The normalized spacial score (nSPS) is 32.4. The van der Waals surface area contributed by atoms with Crippen molar-refractivity contribution in [2.75, 3.05) is 7.11 Å². The number of hydrogen-bond donors (Lipinski definition) is 1. The van der Waals surface area contributed by atoms with Gasteiger partial charge in [-0.15, -0.1) is 0 Å². The monoisotopic (exact) mass is 341 g/mol. The van der Waals surface area contributed by atoms with Crippen LogP contribution >= 0.6 is 15.9 Å². The fourth-order valence-corrected chi connectivity index (χ4v) is 4.32. The molecule has 2 unspecified atom stereocenters. The van der Waals surface area contributed by atoms with Crippen LogP contribution in [0.5, 0.6) is 5.75 Å². The molecule has 1 aromatic rings. The van der Waals surface area contributed by atoms with Crippen molar-refractivity contribution in [3.05, 3.63) is 26.6 Å². The fraction of sp³-hybridized carbons (Fsp3) is 0.667. The van der Waals surface area contributed by atoms with Gasteiger partial charge in [0.1, 0.15) is 6.10 Å². The molecule has 3 atom stereocenters. The summed E-state index contributed by atoms with van der Waals surface area (Å²) in [6.07, 6.45) is 5.66. The Hall–Kier alpha value is -0.810. The highest BCUT2D eigenvalue weighted by Crippen LogP contribution is 2.54. The van der Waals surface area contributed by atoms with Gasteiger partial charge in [0.2, 0.25) is 5.43 Å². The molecule has 1 aromatic heterocycles. The lowest BCUT2D eigenvalue weighted by Crippen LogP contribution is -2.45. The number of aromatic nitrogens is 1. The van der Waals surface area contributed by atoms with Gasteiger partial charge >= 0.3 is 0 Å². The standard InChI is InChI=1S/C15H20BrNO3/c1-15-6-4-3-5-9(15)7-17-8-10(16)12(18)13(20-2)11(17)14(15)19/h8-9,14,19H,3-7H2,1-2H3/t9?,14?,15-/m0/s1. The van der Waals surface area contributed by atoms with Crippen molar-refractivity contribution in [1.82, 2.24) is 4.57 Å². The molecule has 110 valence electrons. The molecule has 1 aliphatic heterocycles. The van der Waals surface area contributed by atoms with Gasteiger partial charge in [0, 0.05) is 18.2 Å². The molecular weight excluding hydrogens is 322 g/mol. The van der Waals surface area contributed by atoms with Gasteiger partial charge in [-0.2, -0.15) is 0 Å². The van der Waals surface area contributed by atoms with Crippen LogP contribution in [0.25, 0.3) is 0 Å². The smallest absolute Gasteiger partial charge is 0.237 e. The molecule has 5 heteroatoms. The minimum absolute atomic E-state index is 0.147. The van der Waals surface area contributed by atoms with Gasteiger partial charge in [-0.25, -0.2) is 0 Å². The van der Waals surface area contributed by atoms with Crippen LogP contribution in [-0.4, -0.2) is 16.8 Å². The van der Waals surface area contributed by atoms with E-state index in [2.05, 4.69) is 22.9 Å². The summed E-state index contributed by atoms with van der Waals surface area (Å²) < 4.78 is 7.78. The minimum Gasteiger partial charge on any atom is -0.491 e. The number of rotatable bonds is 1. The Morgan fingerprint density at radius 1 is 1.50 bits per heavy atom. The molecule has 2 heterocycles. The Labute approximate surface area is 126 Å². The highest BCUT2D eigenvalue weighted by molar-refractivity contribution is 9.10. The van der Waals surface area contributed by atoms with E-state index in [1.165, 1.54) is 13.5 Å². The molecule has 0 saturated heterocycles. The zero-order valence-electron chi connectivity index (χ0n) is 11.9. The number of aliphatic hydroxyl groups is 1. The highest BCUT2D eigenvalue weighted by Gasteiger charge is 2.48. The van der Waals surface area contributed by atoms with Crippen LogP contribution in [0, 0.1) is 11.3 Å². The maximum Gasteiger partial charge on any atom is 0.237 e. The first-order valence-electron chi connectivity index (χ1n) is 7.14. The van der Waals surface area contributed by atoms with E-state index in [0.29, 0.717) is 16.1 Å². The summed E-state index contributed by atoms with van der Waals surface area (Å²) in [7, 11) is 1.49. The second-order valence-electron chi connectivity index (χ2n) is 6.23. The Morgan fingerprint density at radius 2 is 2.25 bits per heavy atom. The van der Waals surface area contributed by atoms with Crippen molar-refractivity contribution < 1.29 is 9.84 Å². The average molecular weight is 342 g/mol. The van der Waals surface area contributed by atoms with Gasteiger partial charge in [-0.3, -0.25) is 4.79 Å². The quantitative estimate of drug-likeness (QED) is 0.854. The number of hydrogen-bond acceptors (Lipinski definition) is 3. The zero-order valence-corrected chi connectivity index (χ0v) is 13.4. The third-order valence-corrected chi connectivity index (χ3v) is 5.75. The van der Waals surface area contributed by atoms with Gasteiger partial charge in [-0.05, 0) is 34.7 Å². The predicted octanol–water partition coefficient (Wildman–Crippen LogP) is 2.86. The third-order valence-electron chi connectivity index (χ3n) is 5.19. The van der Waals surface area contributed by atoms with Crippen molar-refractivity contribution in [2.45, 2.75) is 45.3 Å². The lowest BCUT2D eigenvalue weighted by atomic mass is 9.62. The minimum atomic E-state index is -0.641. The summed E-state index contributed by atoms with van der Waals surface area (Å²) >= 11 is 3.29. The Kier molecular flexibility index (Phi) is 3.45. The Bertz CT molecular complexity index is 598. The van der Waals surface area contributed by atoms with E-state index in [4.69, 9.17) is 4.74 Å². The first kappa shape index (κ1) is 14.1. The molecule has 0 bridgehead atoms. The lowest BCUT2D eigenvalue weighted by molar-refractivity contribution is -0.0658. The summed E-state index contributed by atoms with van der Waals surface area (Å²) in [5, 5.41) is 10.9. The average Bonchev–Trinajstić information content (AvgIpc) is 2.43. The summed E-state index contributed by atoms with van der Waals surface area (Å²) in [6, 6.07) is 0. The molecule has 4 nitrogen and oxygen atoms in total. The number of halogens is 1. The summed E-state index contributed by atoms with van der Waals surface area (Å²) in [4.78, 5) is 12.2. The van der Waals surface area contributed by atoms with E-state index in [0.717, 1.165) is 25.8 Å². The molecule has 20 heavy (non-hydrogen) atoms. The number of ether oxygens (including phenoxy) is 1. The molecule has 2 aliphatic rings. The molecule has 1 fully saturated rings. The van der Waals surface area contributed by atoms with E-state index < -0.39 is 6.10 Å². The van der Waals surface area contributed by atoms with Crippen molar-refractivity contribution in [1.29, 1.82) is 0 Å². The number of aliphatic hydroxyl groups excluding tert-OH is 1. The number of pyridine rings is 1. The molecule has 0 spiro atoms. The van der Waals surface area contributed by atoms with Gasteiger partial charge in [-0.1, -0.05) is 19.8 Å².